The molecule has 0 radical (unpaired) electrons. The highest BCUT2D eigenvalue weighted by Crippen LogP contribution is 2.32. The van der Waals surface area contributed by atoms with E-state index in [4.69, 9.17) is 21.4 Å². The fraction of sp³-hybridized carbons (Fsp3) is 0.0625. The van der Waals surface area contributed by atoms with Gasteiger partial charge in [-0.25, -0.2) is 9.18 Å². The van der Waals surface area contributed by atoms with Crippen molar-refractivity contribution in [2.45, 2.75) is 6.92 Å². The number of carboxylic acids is 1. The van der Waals surface area contributed by atoms with Crippen LogP contribution in [0.1, 0.15) is 11.1 Å². The number of halogens is 2. The molecule has 0 bridgehead atoms. The number of hydrogen-bond acceptors (Lipinski definition) is 2. The van der Waals surface area contributed by atoms with Gasteiger partial charge < -0.3 is 9.84 Å². The number of benzene rings is 2. The summed E-state index contributed by atoms with van der Waals surface area (Å²) in [5, 5.41) is 9.07. The highest BCUT2D eigenvalue weighted by molar-refractivity contribution is 6.32. The van der Waals surface area contributed by atoms with Gasteiger partial charge in [-0.2, -0.15) is 0 Å². The number of carbonyl (C=O) groups is 1. The van der Waals surface area contributed by atoms with E-state index in [9.17, 15) is 9.18 Å². The van der Waals surface area contributed by atoms with E-state index in [1.807, 2.05) is 0 Å². The van der Waals surface area contributed by atoms with Gasteiger partial charge in [-0.05, 0) is 48.9 Å². The standard InChI is InChI=1S/C16H12ClFO3/c1-10-9-11(5-7-14(10)18)21-15-4-2-3-13(17)12(15)6-8-16(19)20/h2-9H,1H3,(H,19,20)/b8-6+. The first kappa shape index (κ1) is 15.1. The van der Waals surface area contributed by atoms with Crippen LogP contribution in [0.15, 0.2) is 42.5 Å². The molecular weight excluding hydrogens is 295 g/mol. The van der Waals surface area contributed by atoms with Crippen LogP contribution in [0.25, 0.3) is 6.08 Å². The van der Waals surface area contributed by atoms with Crippen LogP contribution in [0.3, 0.4) is 0 Å². The lowest BCUT2D eigenvalue weighted by molar-refractivity contribution is -0.131. The summed E-state index contributed by atoms with van der Waals surface area (Å²) in [6, 6.07) is 9.33. The third-order valence-electron chi connectivity index (χ3n) is 2.76. The van der Waals surface area contributed by atoms with E-state index in [-0.39, 0.29) is 5.82 Å². The van der Waals surface area contributed by atoms with Gasteiger partial charge in [0, 0.05) is 11.6 Å². The molecule has 0 saturated carbocycles. The van der Waals surface area contributed by atoms with Gasteiger partial charge in [0.25, 0.3) is 0 Å². The molecule has 108 valence electrons. The van der Waals surface area contributed by atoms with Crippen LogP contribution in [0.4, 0.5) is 4.39 Å². The maximum Gasteiger partial charge on any atom is 0.328 e. The van der Waals surface area contributed by atoms with Crippen LogP contribution in [0, 0.1) is 12.7 Å². The molecule has 0 spiro atoms. The Bertz CT molecular complexity index is 711. The zero-order valence-corrected chi connectivity index (χ0v) is 11.9. The van der Waals surface area contributed by atoms with Crippen molar-refractivity contribution in [2.24, 2.45) is 0 Å². The first-order valence-corrected chi connectivity index (χ1v) is 6.48. The molecule has 3 nitrogen and oxygen atoms in total. The summed E-state index contributed by atoms with van der Waals surface area (Å²) >= 11 is 6.05. The van der Waals surface area contributed by atoms with Crippen molar-refractivity contribution in [3.63, 3.8) is 0 Å². The first-order valence-electron chi connectivity index (χ1n) is 6.11. The van der Waals surface area contributed by atoms with Gasteiger partial charge in [0.15, 0.2) is 0 Å². The highest BCUT2D eigenvalue weighted by atomic mass is 35.5. The van der Waals surface area contributed by atoms with Gasteiger partial charge in [0.2, 0.25) is 0 Å². The topological polar surface area (TPSA) is 46.5 Å². The lowest BCUT2D eigenvalue weighted by Crippen LogP contribution is -1.92. The molecule has 0 saturated heterocycles. The normalized spacial score (nSPS) is 10.8. The van der Waals surface area contributed by atoms with Gasteiger partial charge in [-0.15, -0.1) is 0 Å². The predicted octanol–water partition coefficient (Wildman–Crippen LogP) is 4.68. The third-order valence-corrected chi connectivity index (χ3v) is 3.09. The Morgan fingerprint density at radius 3 is 2.76 bits per heavy atom. The van der Waals surface area contributed by atoms with Crippen molar-refractivity contribution < 1.29 is 19.0 Å². The van der Waals surface area contributed by atoms with Gasteiger partial charge in [0.05, 0.1) is 5.02 Å². The fourth-order valence-electron chi connectivity index (χ4n) is 1.73. The van der Waals surface area contributed by atoms with Crippen molar-refractivity contribution in [2.75, 3.05) is 0 Å². The Morgan fingerprint density at radius 2 is 2.10 bits per heavy atom. The predicted molar refractivity (Wildman–Crippen MR) is 79.3 cm³/mol. The van der Waals surface area contributed by atoms with E-state index >= 15 is 0 Å². The summed E-state index contributed by atoms with van der Waals surface area (Å²) < 4.78 is 18.9. The number of ether oxygens (including phenoxy) is 1. The molecule has 0 fully saturated rings. The Morgan fingerprint density at radius 1 is 1.33 bits per heavy atom. The summed E-state index contributed by atoms with van der Waals surface area (Å²) in [6.45, 7) is 1.63. The molecule has 0 aromatic heterocycles. The second-order valence-electron chi connectivity index (χ2n) is 4.34. The van der Waals surface area contributed by atoms with Crippen molar-refractivity contribution in [3.8, 4) is 11.5 Å². The molecule has 2 aromatic rings. The van der Waals surface area contributed by atoms with E-state index in [0.29, 0.717) is 27.6 Å². The van der Waals surface area contributed by atoms with E-state index in [2.05, 4.69) is 0 Å². The second kappa shape index (κ2) is 6.41. The van der Waals surface area contributed by atoms with Crippen LogP contribution in [-0.4, -0.2) is 11.1 Å². The van der Waals surface area contributed by atoms with E-state index < -0.39 is 5.97 Å². The molecule has 0 heterocycles. The molecule has 5 heteroatoms. The summed E-state index contributed by atoms with van der Waals surface area (Å²) in [7, 11) is 0. The molecule has 0 aliphatic carbocycles. The first-order chi connectivity index (χ1) is 9.97. The molecule has 2 rings (SSSR count). The summed E-state index contributed by atoms with van der Waals surface area (Å²) in [5.41, 5.74) is 0.903. The van der Waals surface area contributed by atoms with Crippen molar-refractivity contribution in [1.29, 1.82) is 0 Å². The summed E-state index contributed by atoms with van der Waals surface area (Å²) in [6.07, 6.45) is 2.33. The van der Waals surface area contributed by atoms with Gasteiger partial charge in [-0.3, -0.25) is 0 Å². The molecule has 0 aliphatic heterocycles. The quantitative estimate of drug-likeness (QED) is 0.834. The number of aryl methyl sites for hydroxylation is 1. The third kappa shape index (κ3) is 3.83. The van der Waals surface area contributed by atoms with E-state index in [0.717, 1.165) is 6.08 Å². The van der Waals surface area contributed by atoms with Crippen molar-refractivity contribution >= 4 is 23.6 Å². The average Bonchev–Trinajstić information content (AvgIpc) is 2.42. The number of carboxylic acid groups (broad SMARTS) is 1. The Balaban J connectivity index is 2.37. The average molecular weight is 307 g/mol. The molecule has 0 unspecified atom stereocenters. The smallest absolute Gasteiger partial charge is 0.328 e. The maximum atomic E-state index is 13.2. The van der Waals surface area contributed by atoms with Crippen LogP contribution >= 0.6 is 11.6 Å². The van der Waals surface area contributed by atoms with Crippen molar-refractivity contribution in [3.05, 3.63) is 64.4 Å². The molecule has 0 amide bonds. The minimum Gasteiger partial charge on any atom is -0.478 e. The van der Waals surface area contributed by atoms with Crippen LogP contribution in [0.2, 0.25) is 5.02 Å². The number of rotatable bonds is 4. The number of aliphatic carboxylic acids is 1. The lowest BCUT2D eigenvalue weighted by Gasteiger charge is -2.11. The molecule has 2 aromatic carbocycles. The monoisotopic (exact) mass is 306 g/mol. The Kier molecular flexibility index (Phi) is 4.60. The fourth-order valence-corrected chi connectivity index (χ4v) is 1.96. The minimum atomic E-state index is -1.08. The summed E-state index contributed by atoms with van der Waals surface area (Å²) in [5.74, 6) is -0.565. The molecule has 0 atom stereocenters. The highest BCUT2D eigenvalue weighted by Gasteiger charge is 2.08. The molecule has 21 heavy (non-hydrogen) atoms. The Hall–Kier alpha value is -2.33. The maximum absolute atomic E-state index is 13.2. The number of hydrogen-bond donors (Lipinski definition) is 1. The van der Waals surface area contributed by atoms with Gasteiger partial charge in [0.1, 0.15) is 17.3 Å². The van der Waals surface area contributed by atoms with Crippen LogP contribution in [-0.2, 0) is 4.79 Å². The zero-order chi connectivity index (χ0) is 15.4. The van der Waals surface area contributed by atoms with E-state index in [1.165, 1.54) is 18.2 Å². The van der Waals surface area contributed by atoms with Gasteiger partial charge in [-0.1, -0.05) is 17.7 Å². The largest absolute Gasteiger partial charge is 0.478 e. The summed E-state index contributed by atoms with van der Waals surface area (Å²) in [4.78, 5) is 10.6. The van der Waals surface area contributed by atoms with E-state index in [1.54, 1.807) is 31.2 Å². The zero-order valence-electron chi connectivity index (χ0n) is 11.1. The minimum absolute atomic E-state index is 0.320. The molecule has 0 aliphatic rings. The SMILES string of the molecule is Cc1cc(Oc2cccc(Cl)c2/C=C/C(=O)O)ccc1F. The Labute approximate surface area is 126 Å². The second-order valence-corrected chi connectivity index (χ2v) is 4.74. The lowest BCUT2D eigenvalue weighted by atomic mass is 10.1. The van der Waals surface area contributed by atoms with Crippen LogP contribution < -0.4 is 4.74 Å². The molecular formula is C16H12ClFO3. The van der Waals surface area contributed by atoms with Gasteiger partial charge >= 0.3 is 5.97 Å². The van der Waals surface area contributed by atoms with Crippen molar-refractivity contribution in [1.82, 2.24) is 0 Å². The molecule has 1 N–H and O–H groups in total. The van der Waals surface area contributed by atoms with Crippen LogP contribution in [0.5, 0.6) is 11.5 Å².